The molecule has 20 heavy (non-hydrogen) atoms. The maximum absolute atomic E-state index is 13.0. The van der Waals surface area contributed by atoms with E-state index in [2.05, 4.69) is 5.32 Å². The summed E-state index contributed by atoms with van der Waals surface area (Å²) in [5, 5.41) is 2.63. The van der Waals surface area contributed by atoms with Gasteiger partial charge in [0.05, 0.1) is 6.54 Å². The molecule has 0 aliphatic carbocycles. The van der Waals surface area contributed by atoms with E-state index in [0.29, 0.717) is 11.4 Å². The second-order valence-corrected chi connectivity index (χ2v) is 4.20. The van der Waals surface area contributed by atoms with Gasteiger partial charge >= 0.3 is 0 Å². The molecule has 1 amide bonds. The van der Waals surface area contributed by atoms with Gasteiger partial charge in [0.25, 0.3) is 0 Å². The highest BCUT2D eigenvalue weighted by molar-refractivity contribution is 5.92. The van der Waals surface area contributed by atoms with E-state index in [4.69, 9.17) is 10.5 Å². The normalized spacial score (nSPS) is 10.1. The van der Waals surface area contributed by atoms with Gasteiger partial charge in [0, 0.05) is 5.69 Å². The van der Waals surface area contributed by atoms with E-state index in [1.807, 2.05) is 0 Å². The third kappa shape index (κ3) is 4.07. The molecule has 0 unspecified atom stereocenters. The number of carbonyl (C=O) groups is 1. The Balaban J connectivity index is 1.92. The smallest absolute Gasteiger partial charge is 0.238 e. The summed E-state index contributed by atoms with van der Waals surface area (Å²) < 4.78 is 18.5. The molecule has 0 saturated heterocycles. The van der Waals surface area contributed by atoms with Crippen LogP contribution in [0, 0.1) is 5.82 Å². The van der Waals surface area contributed by atoms with Crippen LogP contribution in [-0.2, 0) is 11.4 Å². The molecule has 4 nitrogen and oxygen atoms in total. The van der Waals surface area contributed by atoms with E-state index >= 15 is 0 Å². The predicted molar refractivity (Wildman–Crippen MR) is 74.9 cm³/mol. The van der Waals surface area contributed by atoms with Crippen molar-refractivity contribution >= 4 is 11.6 Å². The summed E-state index contributed by atoms with van der Waals surface area (Å²) in [7, 11) is 0. The lowest BCUT2D eigenvalue weighted by Crippen LogP contribution is -2.21. The van der Waals surface area contributed by atoms with Crippen molar-refractivity contribution in [3.8, 4) is 5.75 Å². The van der Waals surface area contributed by atoms with Gasteiger partial charge in [-0.05, 0) is 42.0 Å². The van der Waals surface area contributed by atoms with Crippen LogP contribution in [0.15, 0.2) is 48.5 Å². The number of amides is 1. The maximum atomic E-state index is 13.0. The Morgan fingerprint density at radius 1 is 1.20 bits per heavy atom. The minimum Gasteiger partial charge on any atom is -0.489 e. The molecule has 3 N–H and O–H groups in total. The Hall–Kier alpha value is -2.40. The van der Waals surface area contributed by atoms with Crippen LogP contribution in [0.3, 0.4) is 0 Å². The van der Waals surface area contributed by atoms with Crippen molar-refractivity contribution in [3.05, 3.63) is 59.9 Å². The van der Waals surface area contributed by atoms with Crippen LogP contribution in [0.2, 0.25) is 0 Å². The highest BCUT2D eigenvalue weighted by Crippen LogP contribution is 2.17. The standard InChI is InChI=1S/C15H15FN2O2/c16-12-3-1-2-11(8-12)10-20-14-6-4-13(5-7-14)18-15(19)9-17/h1-8H,9-10,17H2,(H,18,19). The number of benzene rings is 2. The van der Waals surface area contributed by atoms with Crippen molar-refractivity contribution in [2.24, 2.45) is 5.73 Å². The van der Waals surface area contributed by atoms with Crippen molar-refractivity contribution in [2.45, 2.75) is 6.61 Å². The van der Waals surface area contributed by atoms with Gasteiger partial charge in [-0.1, -0.05) is 12.1 Å². The molecule has 0 heterocycles. The zero-order chi connectivity index (χ0) is 14.4. The summed E-state index contributed by atoms with van der Waals surface area (Å²) in [6.07, 6.45) is 0. The number of rotatable bonds is 5. The first-order valence-electron chi connectivity index (χ1n) is 6.14. The first-order valence-corrected chi connectivity index (χ1v) is 6.14. The summed E-state index contributed by atoms with van der Waals surface area (Å²) >= 11 is 0. The van der Waals surface area contributed by atoms with Crippen molar-refractivity contribution in [1.82, 2.24) is 0 Å². The SMILES string of the molecule is NCC(=O)Nc1ccc(OCc2cccc(F)c2)cc1. The number of halogens is 1. The Bertz CT molecular complexity index is 585. The van der Waals surface area contributed by atoms with E-state index in [1.165, 1.54) is 12.1 Å². The van der Waals surface area contributed by atoms with Gasteiger partial charge in [0.15, 0.2) is 0 Å². The molecule has 2 aromatic carbocycles. The third-order valence-electron chi connectivity index (χ3n) is 2.62. The molecule has 0 spiro atoms. The lowest BCUT2D eigenvalue weighted by molar-refractivity contribution is -0.114. The van der Waals surface area contributed by atoms with Crippen molar-refractivity contribution < 1.29 is 13.9 Å². The van der Waals surface area contributed by atoms with Crippen LogP contribution >= 0.6 is 0 Å². The Morgan fingerprint density at radius 3 is 2.60 bits per heavy atom. The molecule has 0 fully saturated rings. The number of hydrogen-bond acceptors (Lipinski definition) is 3. The lowest BCUT2D eigenvalue weighted by atomic mass is 10.2. The Kier molecular flexibility index (Phi) is 4.68. The largest absolute Gasteiger partial charge is 0.489 e. The van der Waals surface area contributed by atoms with E-state index in [0.717, 1.165) is 5.56 Å². The lowest BCUT2D eigenvalue weighted by Gasteiger charge is -2.08. The fraction of sp³-hybridized carbons (Fsp3) is 0.133. The summed E-state index contributed by atoms with van der Waals surface area (Å²) in [5.74, 6) is 0.101. The molecular formula is C15H15FN2O2. The van der Waals surface area contributed by atoms with Crippen LogP contribution in [0.25, 0.3) is 0 Å². The number of nitrogens with one attached hydrogen (secondary N) is 1. The predicted octanol–water partition coefficient (Wildman–Crippen LogP) is 2.30. The quantitative estimate of drug-likeness (QED) is 0.879. The third-order valence-corrected chi connectivity index (χ3v) is 2.62. The minimum atomic E-state index is -0.286. The second kappa shape index (κ2) is 6.68. The molecule has 104 valence electrons. The van der Waals surface area contributed by atoms with Crippen LogP contribution < -0.4 is 15.8 Å². The van der Waals surface area contributed by atoms with Crippen molar-refractivity contribution in [3.63, 3.8) is 0 Å². The van der Waals surface area contributed by atoms with Gasteiger partial charge in [-0.15, -0.1) is 0 Å². The fourth-order valence-corrected chi connectivity index (χ4v) is 1.64. The van der Waals surface area contributed by atoms with E-state index in [9.17, 15) is 9.18 Å². The Morgan fingerprint density at radius 2 is 1.95 bits per heavy atom. The fourth-order valence-electron chi connectivity index (χ4n) is 1.64. The van der Waals surface area contributed by atoms with Crippen LogP contribution in [0.5, 0.6) is 5.75 Å². The maximum Gasteiger partial charge on any atom is 0.238 e. The summed E-state index contributed by atoms with van der Waals surface area (Å²) in [4.78, 5) is 11.1. The number of anilines is 1. The van der Waals surface area contributed by atoms with E-state index in [-0.39, 0.29) is 24.9 Å². The van der Waals surface area contributed by atoms with Gasteiger partial charge in [-0.2, -0.15) is 0 Å². The number of nitrogens with two attached hydrogens (primary N) is 1. The highest BCUT2D eigenvalue weighted by atomic mass is 19.1. The second-order valence-electron chi connectivity index (χ2n) is 4.20. The average molecular weight is 274 g/mol. The van der Waals surface area contributed by atoms with Gasteiger partial charge in [0.1, 0.15) is 18.2 Å². The summed E-state index contributed by atoms with van der Waals surface area (Å²) in [5.41, 5.74) is 6.61. The molecule has 2 rings (SSSR count). The van der Waals surface area contributed by atoms with Crippen LogP contribution in [0.4, 0.5) is 10.1 Å². The zero-order valence-corrected chi connectivity index (χ0v) is 10.8. The summed E-state index contributed by atoms with van der Waals surface area (Å²) in [6.45, 7) is 0.226. The molecule has 0 bridgehead atoms. The van der Waals surface area contributed by atoms with Gasteiger partial charge in [0.2, 0.25) is 5.91 Å². The van der Waals surface area contributed by atoms with Gasteiger partial charge in [-0.3, -0.25) is 4.79 Å². The van der Waals surface area contributed by atoms with Crippen molar-refractivity contribution in [1.29, 1.82) is 0 Å². The molecule has 0 aliphatic rings. The number of hydrogen-bond donors (Lipinski definition) is 2. The molecule has 5 heteroatoms. The van der Waals surface area contributed by atoms with Crippen LogP contribution in [-0.4, -0.2) is 12.5 Å². The highest BCUT2D eigenvalue weighted by Gasteiger charge is 2.01. The minimum absolute atomic E-state index is 0.0577. The van der Waals surface area contributed by atoms with Gasteiger partial charge < -0.3 is 15.8 Å². The molecule has 2 aromatic rings. The Labute approximate surface area is 116 Å². The number of ether oxygens (including phenoxy) is 1. The molecule has 0 aliphatic heterocycles. The molecule has 0 atom stereocenters. The number of carbonyl (C=O) groups excluding carboxylic acids is 1. The van der Waals surface area contributed by atoms with E-state index in [1.54, 1.807) is 36.4 Å². The molecule has 0 saturated carbocycles. The molecule has 0 radical (unpaired) electrons. The monoisotopic (exact) mass is 274 g/mol. The topological polar surface area (TPSA) is 64.4 Å². The van der Waals surface area contributed by atoms with Gasteiger partial charge in [-0.25, -0.2) is 4.39 Å². The first-order chi connectivity index (χ1) is 9.67. The first kappa shape index (κ1) is 14.0. The molecule has 0 aromatic heterocycles. The zero-order valence-electron chi connectivity index (χ0n) is 10.8. The van der Waals surface area contributed by atoms with Crippen molar-refractivity contribution in [2.75, 3.05) is 11.9 Å². The molecular weight excluding hydrogens is 259 g/mol. The van der Waals surface area contributed by atoms with E-state index < -0.39 is 0 Å². The van der Waals surface area contributed by atoms with Crippen LogP contribution in [0.1, 0.15) is 5.56 Å². The summed E-state index contributed by atoms with van der Waals surface area (Å²) in [6, 6.07) is 13.1. The average Bonchev–Trinajstić information content (AvgIpc) is 2.46.